The summed E-state index contributed by atoms with van der Waals surface area (Å²) in [7, 11) is 1.04. The van der Waals surface area contributed by atoms with Crippen LogP contribution in [0.4, 0.5) is 0 Å². The van der Waals surface area contributed by atoms with E-state index in [0.29, 0.717) is 12.3 Å². The molecule has 1 aromatic heterocycles. The molecule has 96 valence electrons. The third-order valence-corrected chi connectivity index (χ3v) is 5.65. The van der Waals surface area contributed by atoms with Crippen LogP contribution in [0.2, 0.25) is 0 Å². The second-order valence-electron chi connectivity index (χ2n) is 4.53. The Hall–Kier alpha value is -0.400. The fourth-order valence-electron chi connectivity index (χ4n) is 2.10. The number of hydrogen-bond acceptors (Lipinski definition) is 4. The maximum atomic E-state index is 11.4. The number of sulfone groups is 1. The first-order chi connectivity index (χ1) is 7.89. The molecule has 0 amide bonds. The number of nitrogens with zero attached hydrogens (tertiary/aromatic N) is 3. The summed E-state index contributed by atoms with van der Waals surface area (Å²) in [5.41, 5.74) is 1.07. The fraction of sp³-hybridized carbons (Fsp3) is 0.700. The van der Waals surface area contributed by atoms with Gasteiger partial charge in [-0.05, 0) is 29.4 Å². The topological polar surface area (TPSA) is 55.2 Å². The lowest BCUT2D eigenvalue weighted by Crippen LogP contribution is -2.32. The fourth-order valence-corrected chi connectivity index (χ4v) is 4.38. The van der Waals surface area contributed by atoms with Crippen molar-refractivity contribution >= 4 is 25.8 Å². The van der Waals surface area contributed by atoms with Gasteiger partial charge in [-0.25, -0.2) is 8.42 Å². The van der Waals surface area contributed by atoms with E-state index in [2.05, 4.69) is 25.9 Å². The minimum absolute atomic E-state index is 0.127. The predicted molar refractivity (Wildman–Crippen MR) is 69.4 cm³/mol. The van der Waals surface area contributed by atoms with Crippen LogP contribution in [0.1, 0.15) is 12.1 Å². The third-order valence-electron chi connectivity index (χ3n) is 3.24. The minimum atomic E-state index is -2.82. The third kappa shape index (κ3) is 2.89. The second kappa shape index (κ2) is 4.70. The molecule has 2 rings (SSSR count). The van der Waals surface area contributed by atoms with E-state index in [0.717, 1.165) is 16.6 Å². The Bertz CT molecular complexity index is 492. The van der Waals surface area contributed by atoms with Crippen molar-refractivity contribution < 1.29 is 8.42 Å². The molecule has 0 bridgehead atoms. The Morgan fingerprint density at radius 2 is 2.35 bits per heavy atom. The first kappa shape index (κ1) is 13.0. The molecule has 0 radical (unpaired) electrons. The van der Waals surface area contributed by atoms with Crippen LogP contribution < -0.4 is 0 Å². The second-order valence-corrected chi connectivity index (χ2v) is 7.62. The van der Waals surface area contributed by atoms with E-state index in [-0.39, 0.29) is 11.8 Å². The zero-order valence-corrected chi connectivity index (χ0v) is 12.3. The van der Waals surface area contributed by atoms with Gasteiger partial charge in [0.15, 0.2) is 9.84 Å². The van der Waals surface area contributed by atoms with Gasteiger partial charge in [0, 0.05) is 19.6 Å². The van der Waals surface area contributed by atoms with Crippen LogP contribution in [0.5, 0.6) is 0 Å². The molecule has 1 aliphatic rings. The summed E-state index contributed by atoms with van der Waals surface area (Å²) in [5, 5.41) is 4.15. The Balaban J connectivity index is 2.05. The number of hydrogen-bond donors (Lipinski definition) is 0. The summed E-state index contributed by atoms with van der Waals surface area (Å²) in [5.74, 6) is 0.591. The highest BCUT2D eigenvalue weighted by molar-refractivity contribution is 9.10. The van der Waals surface area contributed by atoms with E-state index in [1.165, 1.54) is 0 Å². The van der Waals surface area contributed by atoms with Crippen molar-refractivity contribution in [1.82, 2.24) is 14.7 Å². The van der Waals surface area contributed by atoms with E-state index < -0.39 is 9.84 Å². The molecule has 0 saturated carbocycles. The molecular formula is C10H16BrN3O2S. The standard InChI is InChI=1S/C10H16BrN3O2S/c1-13(8-3-4-17(15,16)7-8)6-10-9(11)5-12-14(10)2/h5,8H,3-4,6-7H2,1-2H3/t8-/m1/s1. The van der Waals surface area contributed by atoms with Crippen molar-refractivity contribution in [3.63, 3.8) is 0 Å². The van der Waals surface area contributed by atoms with Crippen LogP contribution in [-0.2, 0) is 23.4 Å². The first-order valence-corrected chi connectivity index (χ1v) is 8.07. The Kier molecular flexibility index (Phi) is 3.61. The number of aromatic nitrogens is 2. The molecule has 0 spiro atoms. The largest absolute Gasteiger partial charge is 0.297 e. The van der Waals surface area contributed by atoms with Gasteiger partial charge in [-0.2, -0.15) is 5.10 Å². The number of aryl methyl sites for hydroxylation is 1. The smallest absolute Gasteiger partial charge is 0.151 e. The lowest BCUT2D eigenvalue weighted by atomic mass is 10.2. The SMILES string of the molecule is CN(Cc1c(Br)cnn1C)[C@@H]1CCS(=O)(=O)C1. The van der Waals surface area contributed by atoms with Crippen LogP contribution in [-0.4, -0.2) is 47.7 Å². The van der Waals surface area contributed by atoms with Gasteiger partial charge in [-0.3, -0.25) is 9.58 Å². The zero-order valence-electron chi connectivity index (χ0n) is 9.93. The average molecular weight is 322 g/mol. The lowest BCUT2D eigenvalue weighted by molar-refractivity contribution is 0.247. The zero-order chi connectivity index (χ0) is 12.6. The first-order valence-electron chi connectivity index (χ1n) is 5.46. The highest BCUT2D eigenvalue weighted by Gasteiger charge is 2.31. The molecule has 17 heavy (non-hydrogen) atoms. The molecule has 1 aromatic rings. The molecule has 1 atom stereocenters. The summed E-state index contributed by atoms with van der Waals surface area (Å²) in [6.07, 6.45) is 2.49. The van der Waals surface area contributed by atoms with Crippen molar-refractivity contribution in [2.75, 3.05) is 18.6 Å². The van der Waals surface area contributed by atoms with Crippen LogP contribution in [0.25, 0.3) is 0 Å². The van der Waals surface area contributed by atoms with E-state index in [1.807, 2.05) is 18.8 Å². The van der Waals surface area contributed by atoms with Gasteiger partial charge in [-0.15, -0.1) is 0 Å². The maximum Gasteiger partial charge on any atom is 0.151 e. The normalized spacial score (nSPS) is 23.4. The monoisotopic (exact) mass is 321 g/mol. The van der Waals surface area contributed by atoms with Gasteiger partial charge in [-0.1, -0.05) is 0 Å². The summed E-state index contributed by atoms with van der Waals surface area (Å²) in [6, 6.07) is 0.127. The molecule has 0 aromatic carbocycles. The molecule has 2 heterocycles. The van der Waals surface area contributed by atoms with Gasteiger partial charge in [0.2, 0.25) is 0 Å². The van der Waals surface area contributed by atoms with Gasteiger partial charge in [0.05, 0.1) is 27.9 Å². The van der Waals surface area contributed by atoms with E-state index >= 15 is 0 Å². The van der Waals surface area contributed by atoms with Gasteiger partial charge < -0.3 is 0 Å². The van der Waals surface area contributed by atoms with Gasteiger partial charge in [0.25, 0.3) is 0 Å². The Morgan fingerprint density at radius 3 is 2.82 bits per heavy atom. The van der Waals surface area contributed by atoms with Crippen LogP contribution in [0, 0.1) is 0 Å². The van der Waals surface area contributed by atoms with E-state index in [4.69, 9.17) is 0 Å². The molecule has 0 N–H and O–H groups in total. The molecule has 1 fully saturated rings. The van der Waals surface area contributed by atoms with Gasteiger partial charge in [0.1, 0.15) is 0 Å². The van der Waals surface area contributed by atoms with Crippen molar-refractivity contribution in [1.29, 1.82) is 0 Å². The molecule has 0 unspecified atom stereocenters. The maximum absolute atomic E-state index is 11.4. The molecule has 1 aliphatic heterocycles. The molecule has 0 aliphatic carbocycles. The Morgan fingerprint density at radius 1 is 1.65 bits per heavy atom. The van der Waals surface area contributed by atoms with E-state index in [9.17, 15) is 8.42 Å². The Labute approximate surface area is 110 Å². The molecule has 5 nitrogen and oxygen atoms in total. The quantitative estimate of drug-likeness (QED) is 0.826. The lowest BCUT2D eigenvalue weighted by Gasteiger charge is -2.23. The molecular weight excluding hydrogens is 306 g/mol. The van der Waals surface area contributed by atoms with Gasteiger partial charge >= 0.3 is 0 Å². The number of halogens is 1. The summed E-state index contributed by atoms with van der Waals surface area (Å²) in [4.78, 5) is 2.09. The molecule has 1 saturated heterocycles. The van der Waals surface area contributed by atoms with Crippen LogP contribution >= 0.6 is 15.9 Å². The highest BCUT2D eigenvalue weighted by atomic mass is 79.9. The van der Waals surface area contributed by atoms with Crippen molar-refractivity contribution in [3.05, 3.63) is 16.4 Å². The van der Waals surface area contributed by atoms with Crippen molar-refractivity contribution in [2.24, 2.45) is 7.05 Å². The summed E-state index contributed by atoms with van der Waals surface area (Å²) >= 11 is 3.45. The average Bonchev–Trinajstić information content (AvgIpc) is 2.75. The van der Waals surface area contributed by atoms with E-state index in [1.54, 1.807) is 6.20 Å². The highest BCUT2D eigenvalue weighted by Crippen LogP contribution is 2.21. The predicted octanol–water partition coefficient (Wildman–Crippen LogP) is 0.802. The number of rotatable bonds is 3. The summed E-state index contributed by atoms with van der Waals surface area (Å²) in [6.45, 7) is 0.706. The minimum Gasteiger partial charge on any atom is -0.297 e. The van der Waals surface area contributed by atoms with Crippen molar-refractivity contribution in [2.45, 2.75) is 19.0 Å². The van der Waals surface area contributed by atoms with Crippen molar-refractivity contribution in [3.8, 4) is 0 Å². The van der Waals surface area contributed by atoms with Crippen LogP contribution in [0.15, 0.2) is 10.7 Å². The van der Waals surface area contributed by atoms with Crippen LogP contribution in [0.3, 0.4) is 0 Å². The molecule has 7 heteroatoms. The summed E-state index contributed by atoms with van der Waals surface area (Å²) < 4.78 is 25.6.